The molecule has 19 heavy (non-hydrogen) atoms. The lowest BCUT2D eigenvalue weighted by molar-refractivity contribution is -0.121. The highest BCUT2D eigenvalue weighted by Crippen LogP contribution is 2.23. The highest BCUT2D eigenvalue weighted by Gasteiger charge is 2.23. The van der Waals surface area contributed by atoms with Gasteiger partial charge >= 0.3 is 0 Å². The number of imidazole rings is 1. The molecule has 0 bridgehead atoms. The highest BCUT2D eigenvalue weighted by molar-refractivity contribution is 5.83. The smallest absolute Gasteiger partial charge is 0.240 e. The molecule has 0 saturated heterocycles. The third-order valence-corrected chi connectivity index (χ3v) is 3.23. The number of methoxy groups -OCH3 is 1. The zero-order valence-electron chi connectivity index (χ0n) is 10.7. The number of fused-ring (bicyclic) bond motifs is 1. The topological polar surface area (TPSA) is 82.2 Å². The summed E-state index contributed by atoms with van der Waals surface area (Å²) >= 11 is 0. The van der Waals surface area contributed by atoms with Crippen LogP contribution in [0.1, 0.15) is 12.8 Å². The molecule has 6 heteroatoms. The quantitative estimate of drug-likeness (QED) is 0.856. The molecule has 0 aliphatic heterocycles. The molecule has 100 valence electrons. The summed E-state index contributed by atoms with van der Waals surface area (Å²) in [7, 11) is 1.60. The number of nitrogens with zero attached hydrogens (tertiary/aromatic N) is 2. The Morgan fingerprint density at radius 3 is 3.05 bits per heavy atom. The SMILES string of the molecule is COc1ccc2c(c1)nc(N)n2CC(=O)NC1CC1. The Bertz CT molecular complexity index is 631. The summed E-state index contributed by atoms with van der Waals surface area (Å²) in [5, 5.41) is 2.94. The third-order valence-electron chi connectivity index (χ3n) is 3.23. The number of amides is 1. The minimum atomic E-state index is -0.0238. The summed E-state index contributed by atoms with van der Waals surface area (Å²) in [6.07, 6.45) is 2.15. The van der Waals surface area contributed by atoms with Crippen LogP contribution < -0.4 is 15.8 Å². The van der Waals surface area contributed by atoms with Gasteiger partial charge in [-0.25, -0.2) is 4.98 Å². The number of carbonyl (C=O) groups excluding carboxylic acids is 1. The molecule has 3 N–H and O–H groups in total. The van der Waals surface area contributed by atoms with E-state index in [-0.39, 0.29) is 12.5 Å². The predicted molar refractivity (Wildman–Crippen MR) is 71.9 cm³/mol. The van der Waals surface area contributed by atoms with E-state index in [0.29, 0.717) is 12.0 Å². The van der Waals surface area contributed by atoms with Gasteiger partial charge in [0.2, 0.25) is 11.9 Å². The summed E-state index contributed by atoms with van der Waals surface area (Å²) in [6, 6.07) is 5.85. The summed E-state index contributed by atoms with van der Waals surface area (Å²) < 4.78 is 6.86. The molecule has 0 radical (unpaired) electrons. The number of aromatic nitrogens is 2. The van der Waals surface area contributed by atoms with Gasteiger partial charge in [0.25, 0.3) is 0 Å². The van der Waals surface area contributed by atoms with Crippen LogP contribution in [0, 0.1) is 0 Å². The summed E-state index contributed by atoms with van der Waals surface area (Å²) in [6.45, 7) is 0.200. The Morgan fingerprint density at radius 1 is 1.58 bits per heavy atom. The first-order valence-electron chi connectivity index (χ1n) is 6.26. The van der Waals surface area contributed by atoms with Crippen LogP contribution in [0.4, 0.5) is 5.95 Å². The fraction of sp³-hybridized carbons (Fsp3) is 0.385. The van der Waals surface area contributed by atoms with Crippen LogP contribution in [0.3, 0.4) is 0 Å². The fourth-order valence-electron chi connectivity index (χ4n) is 2.07. The van der Waals surface area contributed by atoms with Gasteiger partial charge in [0.1, 0.15) is 12.3 Å². The lowest BCUT2D eigenvalue weighted by Crippen LogP contribution is -2.29. The van der Waals surface area contributed by atoms with E-state index in [1.54, 1.807) is 17.7 Å². The van der Waals surface area contributed by atoms with Crippen LogP contribution in [0.2, 0.25) is 0 Å². The van der Waals surface area contributed by atoms with Crippen LogP contribution in [-0.2, 0) is 11.3 Å². The molecule has 2 aromatic rings. The van der Waals surface area contributed by atoms with Crippen molar-refractivity contribution in [2.24, 2.45) is 0 Å². The maximum atomic E-state index is 11.8. The number of ether oxygens (including phenoxy) is 1. The Kier molecular flexibility index (Phi) is 2.77. The van der Waals surface area contributed by atoms with Crippen molar-refractivity contribution in [2.75, 3.05) is 12.8 Å². The lowest BCUT2D eigenvalue weighted by atomic mass is 10.3. The molecule has 1 saturated carbocycles. The highest BCUT2D eigenvalue weighted by atomic mass is 16.5. The molecule has 0 spiro atoms. The van der Waals surface area contributed by atoms with Crippen molar-refractivity contribution < 1.29 is 9.53 Å². The number of anilines is 1. The van der Waals surface area contributed by atoms with E-state index in [4.69, 9.17) is 10.5 Å². The van der Waals surface area contributed by atoms with Crippen LogP contribution in [0.5, 0.6) is 5.75 Å². The van der Waals surface area contributed by atoms with Crippen LogP contribution in [0.15, 0.2) is 18.2 Å². The molecule has 3 rings (SSSR count). The van der Waals surface area contributed by atoms with Gasteiger partial charge in [0, 0.05) is 12.1 Å². The molecule has 1 fully saturated rings. The number of nitrogens with one attached hydrogen (secondary N) is 1. The largest absolute Gasteiger partial charge is 0.497 e. The van der Waals surface area contributed by atoms with E-state index in [0.717, 1.165) is 29.6 Å². The van der Waals surface area contributed by atoms with Gasteiger partial charge < -0.3 is 20.4 Å². The Morgan fingerprint density at radius 2 is 2.37 bits per heavy atom. The molecular weight excluding hydrogens is 244 g/mol. The van der Waals surface area contributed by atoms with Crippen molar-refractivity contribution in [1.29, 1.82) is 0 Å². The Labute approximate surface area is 110 Å². The van der Waals surface area contributed by atoms with E-state index in [2.05, 4.69) is 10.3 Å². The summed E-state index contributed by atoms with van der Waals surface area (Å²) in [5.41, 5.74) is 7.44. The second-order valence-electron chi connectivity index (χ2n) is 4.75. The number of hydrogen-bond acceptors (Lipinski definition) is 4. The van der Waals surface area contributed by atoms with Crippen molar-refractivity contribution in [2.45, 2.75) is 25.4 Å². The molecule has 1 heterocycles. The second-order valence-corrected chi connectivity index (χ2v) is 4.75. The molecule has 0 atom stereocenters. The molecular formula is C13H16N4O2. The molecule has 1 aromatic heterocycles. The first kappa shape index (κ1) is 11.8. The Hall–Kier alpha value is -2.24. The van der Waals surface area contributed by atoms with Gasteiger partial charge in [0.05, 0.1) is 18.1 Å². The van der Waals surface area contributed by atoms with Crippen molar-refractivity contribution >= 4 is 22.9 Å². The maximum Gasteiger partial charge on any atom is 0.240 e. The molecule has 1 aromatic carbocycles. The number of rotatable bonds is 4. The van der Waals surface area contributed by atoms with Crippen LogP contribution in [-0.4, -0.2) is 28.6 Å². The van der Waals surface area contributed by atoms with Gasteiger partial charge in [-0.3, -0.25) is 4.79 Å². The standard InChI is InChI=1S/C13H16N4O2/c1-19-9-4-5-11-10(6-9)16-13(14)17(11)7-12(18)15-8-2-3-8/h4-6,8H,2-3,7H2,1H3,(H2,14,16)(H,15,18). The molecule has 6 nitrogen and oxygen atoms in total. The third kappa shape index (κ3) is 2.33. The second kappa shape index (κ2) is 4.46. The van der Waals surface area contributed by atoms with Gasteiger partial charge in [-0.15, -0.1) is 0 Å². The van der Waals surface area contributed by atoms with Crippen molar-refractivity contribution in [3.8, 4) is 5.75 Å². The average molecular weight is 260 g/mol. The minimum Gasteiger partial charge on any atom is -0.497 e. The summed E-state index contributed by atoms with van der Waals surface area (Å²) in [4.78, 5) is 16.1. The molecule has 1 amide bonds. The van der Waals surface area contributed by atoms with Crippen LogP contribution in [0.25, 0.3) is 11.0 Å². The predicted octanol–water partition coefficient (Wildman–Crippen LogP) is 0.906. The number of hydrogen-bond donors (Lipinski definition) is 2. The monoisotopic (exact) mass is 260 g/mol. The summed E-state index contributed by atoms with van der Waals surface area (Å²) in [5.74, 6) is 1.04. The average Bonchev–Trinajstić information content (AvgIpc) is 3.14. The molecule has 1 aliphatic carbocycles. The van der Waals surface area contributed by atoms with E-state index < -0.39 is 0 Å². The number of nitrogen functional groups attached to an aromatic ring is 1. The zero-order valence-corrected chi connectivity index (χ0v) is 10.7. The van der Waals surface area contributed by atoms with Gasteiger partial charge in [-0.1, -0.05) is 0 Å². The minimum absolute atomic E-state index is 0.0238. The number of nitrogens with two attached hydrogens (primary N) is 1. The zero-order chi connectivity index (χ0) is 13.4. The fourth-order valence-corrected chi connectivity index (χ4v) is 2.07. The van der Waals surface area contributed by atoms with Gasteiger partial charge in [-0.2, -0.15) is 0 Å². The van der Waals surface area contributed by atoms with E-state index >= 15 is 0 Å². The molecule has 1 aliphatic rings. The van der Waals surface area contributed by atoms with E-state index in [9.17, 15) is 4.79 Å². The van der Waals surface area contributed by atoms with Crippen molar-refractivity contribution in [1.82, 2.24) is 14.9 Å². The first-order chi connectivity index (χ1) is 9.17. The lowest BCUT2D eigenvalue weighted by Gasteiger charge is -2.07. The van der Waals surface area contributed by atoms with Crippen molar-refractivity contribution in [3.63, 3.8) is 0 Å². The van der Waals surface area contributed by atoms with Crippen LogP contribution >= 0.6 is 0 Å². The number of carbonyl (C=O) groups is 1. The van der Waals surface area contributed by atoms with Gasteiger partial charge in [-0.05, 0) is 25.0 Å². The van der Waals surface area contributed by atoms with Gasteiger partial charge in [0.15, 0.2) is 0 Å². The molecule has 0 unspecified atom stereocenters. The Balaban J connectivity index is 1.89. The maximum absolute atomic E-state index is 11.8. The van der Waals surface area contributed by atoms with Crippen molar-refractivity contribution in [3.05, 3.63) is 18.2 Å². The first-order valence-corrected chi connectivity index (χ1v) is 6.26. The normalized spacial score (nSPS) is 14.6. The number of benzene rings is 1. The van der Waals surface area contributed by atoms with E-state index in [1.807, 2.05) is 12.1 Å². The van der Waals surface area contributed by atoms with E-state index in [1.165, 1.54) is 0 Å².